The van der Waals surface area contributed by atoms with Gasteiger partial charge in [-0.1, -0.05) is 33.6 Å². The first kappa shape index (κ1) is 16.3. The zero-order valence-electron chi connectivity index (χ0n) is 11.7. The van der Waals surface area contributed by atoms with Crippen LogP contribution in [0.5, 0.6) is 0 Å². The Balaban J connectivity index is 2.26. The predicted octanol–water partition coefficient (Wildman–Crippen LogP) is 4.43. The van der Waals surface area contributed by atoms with Gasteiger partial charge in [0, 0.05) is 28.0 Å². The van der Waals surface area contributed by atoms with Crippen molar-refractivity contribution in [2.45, 2.75) is 18.4 Å². The average Bonchev–Trinajstić information content (AvgIpc) is 2.40. The molecule has 0 unspecified atom stereocenters. The molecule has 0 spiro atoms. The molecular formula is C15H15BrClNO2S. The maximum Gasteiger partial charge on any atom is 0.175 e. The number of benzene rings is 2. The van der Waals surface area contributed by atoms with Gasteiger partial charge in [0.15, 0.2) is 9.84 Å². The second-order valence-corrected chi connectivity index (χ2v) is 8.18. The van der Waals surface area contributed by atoms with E-state index in [0.717, 1.165) is 21.3 Å². The lowest BCUT2D eigenvalue weighted by Gasteiger charge is -2.12. The quantitative estimate of drug-likeness (QED) is 0.843. The minimum Gasteiger partial charge on any atom is -0.381 e. The Morgan fingerprint density at radius 1 is 1.19 bits per heavy atom. The highest BCUT2D eigenvalue weighted by Gasteiger charge is 2.10. The van der Waals surface area contributed by atoms with E-state index in [9.17, 15) is 8.42 Å². The number of halogens is 2. The van der Waals surface area contributed by atoms with Gasteiger partial charge in [-0.2, -0.15) is 0 Å². The molecular weight excluding hydrogens is 374 g/mol. The summed E-state index contributed by atoms with van der Waals surface area (Å²) in [6.45, 7) is 2.45. The van der Waals surface area contributed by atoms with Gasteiger partial charge in [0.2, 0.25) is 0 Å². The van der Waals surface area contributed by atoms with Crippen molar-refractivity contribution in [3.63, 3.8) is 0 Å². The highest BCUT2D eigenvalue weighted by molar-refractivity contribution is 9.10. The van der Waals surface area contributed by atoms with Crippen LogP contribution in [0, 0.1) is 6.92 Å². The summed E-state index contributed by atoms with van der Waals surface area (Å²) in [5.74, 6) is 0. The van der Waals surface area contributed by atoms with Crippen LogP contribution in [0.2, 0.25) is 5.02 Å². The molecule has 1 N–H and O–H groups in total. The SMILES string of the molecule is Cc1ccc(S(C)(=O)=O)cc1NCc1cc(Br)ccc1Cl. The summed E-state index contributed by atoms with van der Waals surface area (Å²) in [5, 5.41) is 3.91. The van der Waals surface area contributed by atoms with Crippen LogP contribution in [0.1, 0.15) is 11.1 Å². The Bertz CT molecular complexity index is 775. The molecule has 112 valence electrons. The molecule has 0 aliphatic heterocycles. The van der Waals surface area contributed by atoms with E-state index < -0.39 is 9.84 Å². The van der Waals surface area contributed by atoms with Gasteiger partial charge in [-0.15, -0.1) is 0 Å². The van der Waals surface area contributed by atoms with E-state index in [0.29, 0.717) is 16.5 Å². The minimum atomic E-state index is -3.21. The molecule has 0 bridgehead atoms. The van der Waals surface area contributed by atoms with Crippen molar-refractivity contribution in [3.05, 3.63) is 57.0 Å². The number of nitrogens with one attached hydrogen (secondary N) is 1. The Morgan fingerprint density at radius 2 is 1.90 bits per heavy atom. The molecule has 0 aliphatic rings. The molecule has 0 fully saturated rings. The fourth-order valence-electron chi connectivity index (χ4n) is 1.89. The van der Waals surface area contributed by atoms with Gasteiger partial charge in [-0.25, -0.2) is 8.42 Å². The first-order valence-corrected chi connectivity index (χ1v) is 9.32. The lowest BCUT2D eigenvalue weighted by atomic mass is 10.2. The number of rotatable bonds is 4. The normalized spacial score (nSPS) is 11.4. The van der Waals surface area contributed by atoms with Gasteiger partial charge in [-0.05, 0) is 48.4 Å². The summed E-state index contributed by atoms with van der Waals surface area (Å²) in [6.07, 6.45) is 1.20. The zero-order chi connectivity index (χ0) is 15.6. The fraction of sp³-hybridized carbons (Fsp3) is 0.200. The molecule has 0 heterocycles. The zero-order valence-corrected chi connectivity index (χ0v) is 14.8. The molecule has 0 saturated carbocycles. The predicted molar refractivity (Wildman–Crippen MR) is 90.8 cm³/mol. The standard InChI is InChI=1S/C15H15BrClNO2S/c1-10-3-5-13(21(2,19)20)8-15(10)18-9-11-7-12(16)4-6-14(11)17/h3-8,18H,9H2,1-2H3. The summed E-state index contributed by atoms with van der Waals surface area (Å²) in [6, 6.07) is 10.7. The third kappa shape index (κ3) is 4.22. The molecule has 21 heavy (non-hydrogen) atoms. The Kier molecular flexibility index (Phi) is 4.96. The van der Waals surface area contributed by atoms with Crippen LogP contribution in [-0.2, 0) is 16.4 Å². The van der Waals surface area contributed by atoms with Crippen molar-refractivity contribution in [2.24, 2.45) is 0 Å². The van der Waals surface area contributed by atoms with Gasteiger partial charge in [0.05, 0.1) is 4.90 Å². The van der Waals surface area contributed by atoms with Gasteiger partial charge in [0.25, 0.3) is 0 Å². The van der Waals surface area contributed by atoms with Crippen molar-refractivity contribution in [1.29, 1.82) is 0 Å². The highest BCUT2D eigenvalue weighted by atomic mass is 79.9. The second kappa shape index (κ2) is 6.38. The topological polar surface area (TPSA) is 46.2 Å². The molecule has 2 aromatic carbocycles. The smallest absolute Gasteiger partial charge is 0.175 e. The van der Waals surface area contributed by atoms with Gasteiger partial charge < -0.3 is 5.32 Å². The lowest BCUT2D eigenvalue weighted by molar-refractivity contribution is 0.602. The van der Waals surface area contributed by atoms with Crippen molar-refractivity contribution < 1.29 is 8.42 Å². The molecule has 0 saturated heterocycles. The van der Waals surface area contributed by atoms with Crippen LogP contribution in [-0.4, -0.2) is 14.7 Å². The van der Waals surface area contributed by atoms with Crippen LogP contribution in [0.25, 0.3) is 0 Å². The number of sulfone groups is 1. The fourth-order valence-corrected chi connectivity index (χ4v) is 3.13. The summed E-state index contributed by atoms with van der Waals surface area (Å²) in [4.78, 5) is 0.302. The Morgan fingerprint density at radius 3 is 2.57 bits per heavy atom. The van der Waals surface area contributed by atoms with Crippen LogP contribution in [0.4, 0.5) is 5.69 Å². The number of anilines is 1. The largest absolute Gasteiger partial charge is 0.381 e. The molecule has 2 aromatic rings. The molecule has 0 radical (unpaired) electrons. The first-order valence-electron chi connectivity index (χ1n) is 6.26. The minimum absolute atomic E-state index is 0.302. The molecule has 2 rings (SSSR count). The van der Waals surface area contributed by atoms with E-state index in [1.807, 2.05) is 25.1 Å². The average molecular weight is 389 g/mol. The summed E-state index contributed by atoms with van der Waals surface area (Å²) >= 11 is 9.56. The molecule has 0 atom stereocenters. The van der Waals surface area contributed by atoms with Gasteiger partial charge in [-0.3, -0.25) is 0 Å². The van der Waals surface area contributed by atoms with E-state index in [4.69, 9.17) is 11.6 Å². The second-order valence-electron chi connectivity index (χ2n) is 4.84. The summed E-state index contributed by atoms with van der Waals surface area (Å²) < 4.78 is 24.2. The lowest BCUT2D eigenvalue weighted by Crippen LogP contribution is -2.04. The Hall–Kier alpha value is -1.04. The molecule has 6 heteroatoms. The summed E-state index contributed by atoms with van der Waals surface area (Å²) in [5.41, 5.74) is 2.71. The van der Waals surface area contributed by atoms with Crippen LogP contribution < -0.4 is 5.32 Å². The van der Waals surface area contributed by atoms with Crippen molar-refractivity contribution in [3.8, 4) is 0 Å². The van der Waals surface area contributed by atoms with Crippen LogP contribution in [0.3, 0.4) is 0 Å². The summed E-state index contributed by atoms with van der Waals surface area (Å²) in [7, 11) is -3.21. The maximum absolute atomic E-state index is 11.6. The highest BCUT2D eigenvalue weighted by Crippen LogP contribution is 2.24. The van der Waals surface area contributed by atoms with Crippen molar-refractivity contribution in [1.82, 2.24) is 0 Å². The molecule has 0 aromatic heterocycles. The third-order valence-electron chi connectivity index (χ3n) is 3.11. The molecule has 3 nitrogen and oxygen atoms in total. The number of aryl methyl sites for hydroxylation is 1. The maximum atomic E-state index is 11.6. The van der Waals surface area contributed by atoms with Crippen molar-refractivity contribution >= 4 is 43.1 Å². The van der Waals surface area contributed by atoms with E-state index in [-0.39, 0.29) is 0 Å². The number of hydrogen-bond acceptors (Lipinski definition) is 3. The van der Waals surface area contributed by atoms with Crippen LogP contribution in [0.15, 0.2) is 45.8 Å². The van der Waals surface area contributed by atoms with E-state index in [1.165, 1.54) is 6.26 Å². The van der Waals surface area contributed by atoms with Gasteiger partial charge >= 0.3 is 0 Å². The van der Waals surface area contributed by atoms with Crippen molar-refractivity contribution in [2.75, 3.05) is 11.6 Å². The van der Waals surface area contributed by atoms with E-state index >= 15 is 0 Å². The van der Waals surface area contributed by atoms with E-state index in [2.05, 4.69) is 21.2 Å². The molecule has 0 amide bonds. The number of hydrogen-bond donors (Lipinski definition) is 1. The monoisotopic (exact) mass is 387 g/mol. The van der Waals surface area contributed by atoms with Gasteiger partial charge in [0.1, 0.15) is 0 Å². The molecule has 0 aliphatic carbocycles. The third-order valence-corrected chi connectivity index (χ3v) is 5.09. The Labute approximate surface area is 138 Å². The van der Waals surface area contributed by atoms with E-state index in [1.54, 1.807) is 18.2 Å². The van der Waals surface area contributed by atoms with Crippen LogP contribution >= 0.6 is 27.5 Å². The first-order chi connectivity index (χ1) is 9.77.